The number of rotatable bonds is 12. The zero-order chi connectivity index (χ0) is 22.3. The molecule has 0 spiro atoms. The molecule has 0 bridgehead atoms. The van der Waals surface area contributed by atoms with Crippen molar-refractivity contribution < 1.29 is 4.74 Å². The maximum atomic E-state index is 6.46. The van der Waals surface area contributed by atoms with Crippen molar-refractivity contribution >= 4 is 24.3 Å². The molecule has 0 aliphatic heterocycles. The summed E-state index contributed by atoms with van der Waals surface area (Å²) < 4.78 is 6.46. The summed E-state index contributed by atoms with van der Waals surface area (Å²) in [7, 11) is 0.672. The van der Waals surface area contributed by atoms with Crippen molar-refractivity contribution in [1.82, 2.24) is 10.3 Å². The molecule has 1 aliphatic rings. The first kappa shape index (κ1) is 24.5. The van der Waals surface area contributed by atoms with Crippen LogP contribution >= 0.6 is 0 Å². The highest BCUT2D eigenvalue weighted by molar-refractivity contribution is 6.91. The Morgan fingerprint density at radius 3 is 2.35 bits per heavy atom. The SMILES string of the molecule is CCCCC1(NC)CCC(COCc2c([Si](CC)(CC)CC)[nH]c3ccccc23)CC1. The molecule has 3 nitrogen and oxygen atoms in total. The van der Waals surface area contributed by atoms with Gasteiger partial charge in [-0.3, -0.25) is 0 Å². The minimum absolute atomic E-state index is 0.380. The van der Waals surface area contributed by atoms with E-state index in [4.69, 9.17) is 4.74 Å². The summed E-state index contributed by atoms with van der Waals surface area (Å²) in [5.74, 6) is 0.710. The molecular formula is C27H46N2OSi. The van der Waals surface area contributed by atoms with Crippen LogP contribution < -0.4 is 10.6 Å². The Morgan fingerprint density at radius 1 is 1.06 bits per heavy atom. The van der Waals surface area contributed by atoms with E-state index in [9.17, 15) is 0 Å². The van der Waals surface area contributed by atoms with E-state index >= 15 is 0 Å². The maximum absolute atomic E-state index is 6.46. The average molecular weight is 443 g/mol. The molecule has 4 heteroatoms. The van der Waals surface area contributed by atoms with Gasteiger partial charge in [0.2, 0.25) is 0 Å². The zero-order valence-corrected chi connectivity index (χ0v) is 21.8. The van der Waals surface area contributed by atoms with Crippen LogP contribution in [0.3, 0.4) is 0 Å². The topological polar surface area (TPSA) is 37.0 Å². The lowest BCUT2D eigenvalue weighted by Gasteiger charge is -2.40. The lowest BCUT2D eigenvalue weighted by molar-refractivity contribution is 0.0582. The second-order valence-corrected chi connectivity index (χ2v) is 15.1. The number of fused-ring (bicyclic) bond motifs is 1. The van der Waals surface area contributed by atoms with Gasteiger partial charge in [0.05, 0.1) is 6.61 Å². The predicted molar refractivity (Wildman–Crippen MR) is 138 cm³/mol. The van der Waals surface area contributed by atoms with Crippen molar-refractivity contribution in [2.24, 2.45) is 5.92 Å². The summed E-state index contributed by atoms with van der Waals surface area (Å²) in [6, 6.07) is 12.7. The first-order chi connectivity index (χ1) is 15.1. The molecule has 1 fully saturated rings. The number of aromatic amines is 1. The Bertz CT molecular complexity index is 794. The molecule has 0 saturated heterocycles. The number of unbranched alkanes of at least 4 members (excludes halogenated alkanes) is 1. The molecule has 3 rings (SSSR count). The van der Waals surface area contributed by atoms with Crippen LogP contribution in [0.15, 0.2) is 24.3 Å². The molecule has 1 aromatic carbocycles. The van der Waals surface area contributed by atoms with E-state index in [2.05, 4.69) is 69.3 Å². The van der Waals surface area contributed by atoms with Crippen LogP contribution in [-0.2, 0) is 11.3 Å². The number of H-pyrrole nitrogens is 1. The zero-order valence-electron chi connectivity index (χ0n) is 20.8. The Kier molecular flexibility index (Phi) is 8.83. The molecule has 2 N–H and O–H groups in total. The van der Waals surface area contributed by atoms with Gasteiger partial charge in [-0.15, -0.1) is 0 Å². The molecule has 0 amide bonds. The molecule has 1 aliphatic carbocycles. The van der Waals surface area contributed by atoms with Crippen LogP contribution in [0.5, 0.6) is 0 Å². The monoisotopic (exact) mass is 442 g/mol. The lowest BCUT2D eigenvalue weighted by atomic mass is 9.74. The fourth-order valence-corrected chi connectivity index (χ4v) is 9.76. The number of para-hydroxylation sites is 1. The first-order valence-electron chi connectivity index (χ1n) is 12.9. The van der Waals surface area contributed by atoms with Crippen molar-refractivity contribution in [2.75, 3.05) is 13.7 Å². The van der Waals surface area contributed by atoms with Gasteiger partial charge in [-0.25, -0.2) is 0 Å². The van der Waals surface area contributed by atoms with Gasteiger partial charge in [0, 0.05) is 33.9 Å². The molecule has 1 aromatic heterocycles. The van der Waals surface area contributed by atoms with E-state index in [0.717, 1.165) is 13.2 Å². The van der Waals surface area contributed by atoms with Gasteiger partial charge in [0.1, 0.15) is 8.07 Å². The fraction of sp³-hybridized carbons (Fsp3) is 0.704. The quantitative estimate of drug-likeness (QED) is 0.357. The molecule has 0 unspecified atom stereocenters. The fourth-order valence-electron chi connectivity index (χ4n) is 5.95. The van der Waals surface area contributed by atoms with E-state index < -0.39 is 8.07 Å². The van der Waals surface area contributed by atoms with E-state index in [1.54, 1.807) is 5.32 Å². The Labute approximate surface area is 191 Å². The first-order valence-corrected chi connectivity index (χ1v) is 15.6. The third-order valence-corrected chi connectivity index (χ3v) is 14.1. The van der Waals surface area contributed by atoms with Crippen molar-refractivity contribution in [3.8, 4) is 0 Å². The summed E-state index contributed by atoms with van der Waals surface area (Å²) in [4.78, 5) is 3.86. The van der Waals surface area contributed by atoms with Crippen molar-refractivity contribution in [3.05, 3.63) is 29.8 Å². The third-order valence-electron chi connectivity index (χ3n) is 8.58. The number of hydrogen-bond acceptors (Lipinski definition) is 2. The summed E-state index contributed by atoms with van der Waals surface area (Å²) in [5, 5.41) is 6.61. The molecule has 1 heterocycles. The smallest absolute Gasteiger partial charge is 0.107 e. The van der Waals surface area contributed by atoms with Gasteiger partial charge in [0.25, 0.3) is 0 Å². The second-order valence-electron chi connectivity index (χ2n) is 9.96. The normalized spacial score (nSPS) is 22.3. The van der Waals surface area contributed by atoms with E-state index in [1.165, 1.54) is 79.5 Å². The van der Waals surface area contributed by atoms with Gasteiger partial charge in [-0.1, -0.05) is 76.9 Å². The van der Waals surface area contributed by atoms with Gasteiger partial charge in [0.15, 0.2) is 0 Å². The molecule has 0 atom stereocenters. The number of hydrogen-bond donors (Lipinski definition) is 2. The van der Waals surface area contributed by atoms with Crippen LogP contribution in [0, 0.1) is 5.92 Å². The number of ether oxygens (including phenoxy) is 1. The van der Waals surface area contributed by atoms with Crippen LogP contribution in [0.2, 0.25) is 18.1 Å². The molecule has 31 heavy (non-hydrogen) atoms. The van der Waals surface area contributed by atoms with E-state index in [1.807, 2.05) is 0 Å². The van der Waals surface area contributed by atoms with Crippen LogP contribution in [0.4, 0.5) is 0 Å². The van der Waals surface area contributed by atoms with Crippen molar-refractivity contribution in [1.29, 1.82) is 0 Å². The standard InChI is InChI=1S/C27H46N2OSi/c1-6-10-17-27(28-5)18-15-22(16-19-27)20-30-21-24-23-13-11-12-14-25(23)29-26(24)31(7-2,8-3)9-4/h11-14,22,28-29H,6-10,15-21H2,1-5H3. The molecule has 2 aromatic rings. The summed E-state index contributed by atoms with van der Waals surface area (Å²) in [6.45, 7) is 11.1. The second kappa shape index (κ2) is 11.2. The largest absolute Gasteiger partial charge is 0.376 e. The highest BCUT2D eigenvalue weighted by atomic mass is 28.3. The van der Waals surface area contributed by atoms with Gasteiger partial charge in [-0.05, 0) is 51.1 Å². The predicted octanol–water partition coefficient (Wildman–Crippen LogP) is 6.74. The number of benzene rings is 1. The summed E-state index contributed by atoms with van der Waals surface area (Å²) in [5.41, 5.74) is 3.12. The Morgan fingerprint density at radius 2 is 1.74 bits per heavy atom. The molecule has 174 valence electrons. The Balaban J connectivity index is 1.67. The highest BCUT2D eigenvalue weighted by Crippen LogP contribution is 2.36. The molecule has 0 radical (unpaired) electrons. The maximum Gasteiger partial charge on any atom is 0.107 e. The van der Waals surface area contributed by atoms with Gasteiger partial charge < -0.3 is 15.0 Å². The number of aromatic nitrogens is 1. The molecular weight excluding hydrogens is 396 g/mol. The summed E-state index contributed by atoms with van der Waals surface area (Å²) >= 11 is 0. The van der Waals surface area contributed by atoms with Crippen LogP contribution in [0.25, 0.3) is 10.9 Å². The van der Waals surface area contributed by atoms with Crippen molar-refractivity contribution in [2.45, 2.75) is 103 Å². The summed E-state index contributed by atoms with van der Waals surface area (Å²) in [6.07, 6.45) is 9.14. The highest BCUT2D eigenvalue weighted by Gasteiger charge is 2.35. The van der Waals surface area contributed by atoms with E-state index in [-0.39, 0.29) is 0 Å². The lowest BCUT2D eigenvalue weighted by Crippen LogP contribution is -2.48. The van der Waals surface area contributed by atoms with E-state index in [0.29, 0.717) is 11.5 Å². The third kappa shape index (κ3) is 5.28. The van der Waals surface area contributed by atoms with Gasteiger partial charge in [-0.2, -0.15) is 0 Å². The van der Waals surface area contributed by atoms with Gasteiger partial charge >= 0.3 is 0 Å². The minimum Gasteiger partial charge on any atom is -0.376 e. The minimum atomic E-state index is -1.49. The average Bonchev–Trinajstić information content (AvgIpc) is 3.19. The molecule has 1 saturated carbocycles. The number of nitrogens with one attached hydrogen (secondary N) is 2. The Hall–Kier alpha value is -1.10. The van der Waals surface area contributed by atoms with Crippen LogP contribution in [-0.4, -0.2) is 32.3 Å². The van der Waals surface area contributed by atoms with Crippen molar-refractivity contribution in [3.63, 3.8) is 0 Å². The van der Waals surface area contributed by atoms with Crippen LogP contribution in [0.1, 0.15) is 78.2 Å².